The summed E-state index contributed by atoms with van der Waals surface area (Å²) in [5, 5.41) is 12.4. The van der Waals surface area contributed by atoms with Gasteiger partial charge < -0.3 is 25.7 Å². The molecule has 0 aliphatic carbocycles. The van der Waals surface area contributed by atoms with E-state index in [9.17, 15) is 22.8 Å². The normalized spacial score (nSPS) is 16.1. The van der Waals surface area contributed by atoms with Gasteiger partial charge >= 0.3 is 6.18 Å². The Labute approximate surface area is 228 Å². The van der Waals surface area contributed by atoms with Gasteiger partial charge in [0, 0.05) is 33.1 Å². The van der Waals surface area contributed by atoms with Gasteiger partial charge in [-0.3, -0.25) is 14.6 Å². The van der Waals surface area contributed by atoms with Gasteiger partial charge in [0.1, 0.15) is 17.8 Å². The van der Waals surface area contributed by atoms with Gasteiger partial charge in [-0.1, -0.05) is 5.16 Å². The van der Waals surface area contributed by atoms with Gasteiger partial charge in [-0.15, -0.1) is 0 Å². The van der Waals surface area contributed by atoms with Crippen LogP contribution in [0.5, 0.6) is 0 Å². The van der Waals surface area contributed by atoms with E-state index in [1.165, 1.54) is 44.7 Å². The van der Waals surface area contributed by atoms with Gasteiger partial charge in [0.05, 0.1) is 40.6 Å². The summed E-state index contributed by atoms with van der Waals surface area (Å²) in [7, 11) is 4.59. The number of nitrogens with one attached hydrogen (secondary N) is 3. The average molecular weight is 559 g/mol. The number of amides is 2. The number of carbonyl (C=O) groups excluding carboxylic acids is 2. The smallest absolute Gasteiger partial charge is 0.386 e. The molecular formula is C26H29F3N8O3. The molecular weight excluding hydrogens is 529 g/mol. The quantitative estimate of drug-likeness (QED) is 0.437. The molecule has 0 saturated heterocycles. The predicted molar refractivity (Wildman–Crippen MR) is 145 cm³/mol. The van der Waals surface area contributed by atoms with Gasteiger partial charge in [-0.2, -0.15) is 13.2 Å². The fourth-order valence-corrected chi connectivity index (χ4v) is 4.25. The molecule has 3 N–H and O–H groups in total. The van der Waals surface area contributed by atoms with E-state index in [1.54, 1.807) is 13.0 Å². The molecule has 40 heavy (non-hydrogen) atoms. The van der Waals surface area contributed by atoms with Crippen LogP contribution in [0.1, 0.15) is 47.8 Å². The molecule has 0 bridgehead atoms. The predicted octanol–water partition coefficient (Wildman–Crippen LogP) is 4.06. The Balaban J connectivity index is 1.47. The van der Waals surface area contributed by atoms with E-state index in [1.807, 2.05) is 0 Å². The van der Waals surface area contributed by atoms with Gasteiger partial charge in [-0.05, 0) is 44.4 Å². The van der Waals surface area contributed by atoms with Crippen molar-refractivity contribution < 1.29 is 27.6 Å². The molecule has 2 aromatic rings. The van der Waals surface area contributed by atoms with Crippen molar-refractivity contribution in [3.05, 3.63) is 47.1 Å². The first kappa shape index (κ1) is 28.5. The Hall–Kier alpha value is -4.49. The number of rotatable bonds is 7. The van der Waals surface area contributed by atoms with Gasteiger partial charge in [0.25, 0.3) is 5.91 Å². The molecule has 2 aliphatic rings. The summed E-state index contributed by atoms with van der Waals surface area (Å²) in [6.07, 6.45) is 1.53. The number of aromatic nitrogens is 2. The molecule has 1 aromatic carbocycles. The number of oxime groups is 1. The first-order valence-electron chi connectivity index (χ1n) is 12.5. The number of carbonyl (C=O) groups is 2. The molecule has 14 heteroatoms. The number of hydrogen-bond acceptors (Lipinski definition) is 9. The summed E-state index contributed by atoms with van der Waals surface area (Å²) in [6.45, 7) is 1.73. The van der Waals surface area contributed by atoms with E-state index >= 15 is 0 Å². The van der Waals surface area contributed by atoms with Crippen LogP contribution >= 0.6 is 0 Å². The molecule has 2 aliphatic heterocycles. The van der Waals surface area contributed by atoms with Crippen LogP contribution < -0.4 is 20.9 Å². The molecule has 0 spiro atoms. The SMILES string of the molecule is CNc1cc(C(F)(F)F)c(N(C)C)cc1N=CC1=NOC(C(C)NC(=O)c2ncnc3c2CCC(=O)N3)=CCC1. The molecule has 1 atom stereocenters. The number of allylic oxidation sites excluding steroid dienone is 1. The number of aliphatic imine (C=N–C) groups is 1. The number of halogens is 3. The monoisotopic (exact) mass is 558 g/mol. The minimum Gasteiger partial charge on any atom is -0.386 e. The molecule has 212 valence electrons. The van der Waals surface area contributed by atoms with Crippen molar-refractivity contribution >= 4 is 46.6 Å². The molecule has 0 fully saturated rings. The van der Waals surface area contributed by atoms with Crippen molar-refractivity contribution in [1.29, 1.82) is 0 Å². The summed E-state index contributed by atoms with van der Waals surface area (Å²) in [6, 6.07) is 1.84. The molecule has 2 amide bonds. The van der Waals surface area contributed by atoms with Gasteiger partial charge in [0.15, 0.2) is 5.76 Å². The Kier molecular flexibility index (Phi) is 8.35. The van der Waals surface area contributed by atoms with Crippen molar-refractivity contribution in [3.8, 4) is 0 Å². The highest BCUT2D eigenvalue weighted by Crippen LogP contribution is 2.41. The zero-order valence-corrected chi connectivity index (χ0v) is 22.4. The van der Waals surface area contributed by atoms with Crippen molar-refractivity contribution in [3.63, 3.8) is 0 Å². The Morgan fingerprint density at radius 1 is 1.23 bits per heavy atom. The third-order valence-corrected chi connectivity index (χ3v) is 6.33. The van der Waals surface area contributed by atoms with Crippen LogP contribution in [0.2, 0.25) is 0 Å². The lowest BCUT2D eigenvalue weighted by Gasteiger charge is -2.21. The van der Waals surface area contributed by atoms with Crippen molar-refractivity contribution in [2.45, 2.75) is 44.8 Å². The van der Waals surface area contributed by atoms with Crippen molar-refractivity contribution in [2.75, 3.05) is 36.7 Å². The third-order valence-electron chi connectivity index (χ3n) is 6.33. The number of benzene rings is 1. The fourth-order valence-electron chi connectivity index (χ4n) is 4.25. The van der Waals surface area contributed by atoms with E-state index in [2.05, 4.69) is 36.1 Å². The second-order valence-electron chi connectivity index (χ2n) is 9.40. The van der Waals surface area contributed by atoms with Gasteiger partial charge in [-0.25, -0.2) is 9.97 Å². The highest BCUT2D eigenvalue weighted by atomic mass is 19.4. The number of hydrogen-bond donors (Lipinski definition) is 3. The maximum atomic E-state index is 13.6. The molecule has 1 aromatic heterocycles. The third kappa shape index (κ3) is 6.38. The lowest BCUT2D eigenvalue weighted by Crippen LogP contribution is -2.36. The molecule has 0 saturated carbocycles. The second-order valence-corrected chi connectivity index (χ2v) is 9.40. The lowest BCUT2D eigenvalue weighted by molar-refractivity contribution is -0.137. The summed E-state index contributed by atoms with van der Waals surface area (Å²) >= 11 is 0. The Morgan fingerprint density at radius 3 is 2.70 bits per heavy atom. The molecule has 11 nitrogen and oxygen atoms in total. The van der Waals surface area contributed by atoms with Crippen LogP contribution in [0.4, 0.5) is 36.1 Å². The summed E-state index contributed by atoms with van der Waals surface area (Å²) in [5.74, 6) is 0.127. The summed E-state index contributed by atoms with van der Waals surface area (Å²) < 4.78 is 40.7. The zero-order valence-electron chi connectivity index (χ0n) is 22.4. The van der Waals surface area contributed by atoms with E-state index in [-0.39, 0.29) is 29.4 Å². The maximum absolute atomic E-state index is 13.6. The molecule has 0 radical (unpaired) electrons. The Bertz CT molecular complexity index is 1400. The van der Waals surface area contributed by atoms with E-state index < -0.39 is 23.7 Å². The standard InChI is InChI=1S/C26H29F3N8O3/c1-14(34-25(39)23-16-8-9-22(38)35-24(16)33-13-32-23)21-7-5-6-15(36-40-21)12-31-19-11-20(37(3)4)17(26(27,28)29)10-18(19)30-2/h7,10-14,30H,5-6,8-9H2,1-4H3,(H,34,39)(H,32,33,35,38). The van der Waals surface area contributed by atoms with Crippen molar-refractivity contribution in [1.82, 2.24) is 15.3 Å². The van der Waals surface area contributed by atoms with Crippen LogP contribution in [-0.2, 0) is 22.2 Å². The Morgan fingerprint density at radius 2 is 2.00 bits per heavy atom. The first-order valence-corrected chi connectivity index (χ1v) is 12.5. The maximum Gasteiger partial charge on any atom is 0.418 e. The summed E-state index contributed by atoms with van der Waals surface area (Å²) in [4.78, 5) is 44.1. The topological polar surface area (TPSA) is 133 Å². The largest absolute Gasteiger partial charge is 0.418 e. The van der Waals surface area contributed by atoms with Crippen LogP contribution in [-0.4, -0.2) is 60.9 Å². The van der Waals surface area contributed by atoms with E-state index in [0.29, 0.717) is 47.8 Å². The average Bonchev–Trinajstić information content (AvgIpc) is 3.16. The minimum absolute atomic E-state index is 0.0152. The zero-order chi connectivity index (χ0) is 29.0. The minimum atomic E-state index is -4.52. The first-order chi connectivity index (χ1) is 19.0. The number of alkyl halides is 3. The number of anilines is 3. The summed E-state index contributed by atoms with van der Waals surface area (Å²) in [5.41, 5.74) is 0.956. The van der Waals surface area contributed by atoms with E-state index in [4.69, 9.17) is 4.84 Å². The highest BCUT2D eigenvalue weighted by Gasteiger charge is 2.35. The van der Waals surface area contributed by atoms with Crippen molar-refractivity contribution in [2.24, 2.45) is 10.1 Å². The van der Waals surface area contributed by atoms with E-state index in [0.717, 1.165) is 6.07 Å². The molecule has 1 unspecified atom stereocenters. The number of nitrogens with zero attached hydrogens (tertiary/aromatic N) is 5. The van der Waals surface area contributed by atoms with Gasteiger partial charge in [0.2, 0.25) is 5.91 Å². The molecule has 4 rings (SSSR count). The van der Waals surface area contributed by atoms with Crippen LogP contribution in [0, 0.1) is 0 Å². The fraction of sp³-hybridized carbons (Fsp3) is 0.385. The van der Waals surface area contributed by atoms with Crippen LogP contribution in [0.25, 0.3) is 0 Å². The van der Waals surface area contributed by atoms with Crippen LogP contribution in [0.3, 0.4) is 0 Å². The number of fused-ring (bicyclic) bond motifs is 1. The molecule has 3 heterocycles. The lowest BCUT2D eigenvalue weighted by atomic mass is 10.0. The second kappa shape index (κ2) is 11.7. The van der Waals surface area contributed by atoms with Crippen LogP contribution in [0.15, 0.2) is 40.4 Å². The highest BCUT2D eigenvalue weighted by molar-refractivity contribution is 6.31.